The highest BCUT2D eigenvalue weighted by Crippen LogP contribution is 2.38. The molecule has 0 bridgehead atoms. The predicted molar refractivity (Wildman–Crippen MR) is 78.7 cm³/mol. The van der Waals surface area contributed by atoms with Crippen molar-refractivity contribution in [3.8, 4) is 0 Å². The fourth-order valence-electron chi connectivity index (χ4n) is 3.50. The molecule has 2 aliphatic carbocycles. The van der Waals surface area contributed by atoms with E-state index < -0.39 is 0 Å². The van der Waals surface area contributed by atoms with Gasteiger partial charge in [0.25, 0.3) is 0 Å². The summed E-state index contributed by atoms with van der Waals surface area (Å²) in [7, 11) is 0. The summed E-state index contributed by atoms with van der Waals surface area (Å²) in [6.07, 6.45) is 11.7. The van der Waals surface area contributed by atoms with Crippen molar-refractivity contribution in [3.63, 3.8) is 0 Å². The van der Waals surface area contributed by atoms with Gasteiger partial charge in [0.1, 0.15) is 0 Å². The molecule has 17 heavy (non-hydrogen) atoms. The van der Waals surface area contributed by atoms with Gasteiger partial charge in [-0.3, -0.25) is 0 Å². The molecule has 0 aliphatic heterocycles. The van der Waals surface area contributed by atoms with Crippen LogP contribution in [0.2, 0.25) is 0 Å². The van der Waals surface area contributed by atoms with Crippen LogP contribution in [0.15, 0.2) is 0 Å². The molecule has 2 aliphatic rings. The second kappa shape index (κ2) is 7.04. The highest BCUT2D eigenvalue weighted by atomic mass is 32.2. The predicted octanol–water partition coefficient (Wildman–Crippen LogP) is 4.22. The van der Waals surface area contributed by atoms with E-state index in [4.69, 9.17) is 0 Å². The van der Waals surface area contributed by atoms with Gasteiger partial charge >= 0.3 is 0 Å². The van der Waals surface area contributed by atoms with Gasteiger partial charge in [0, 0.05) is 16.5 Å². The third-order valence-corrected chi connectivity index (χ3v) is 6.15. The zero-order chi connectivity index (χ0) is 12.1. The van der Waals surface area contributed by atoms with Crippen molar-refractivity contribution in [2.45, 2.75) is 81.8 Å². The van der Waals surface area contributed by atoms with Gasteiger partial charge in [0.15, 0.2) is 0 Å². The molecule has 2 heteroatoms. The first-order valence-corrected chi connectivity index (χ1v) is 8.62. The molecule has 0 aromatic heterocycles. The fourth-order valence-corrected chi connectivity index (χ4v) is 5.47. The van der Waals surface area contributed by atoms with E-state index >= 15 is 0 Å². The summed E-state index contributed by atoms with van der Waals surface area (Å²) in [6, 6.07) is 0.802. The van der Waals surface area contributed by atoms with E-state index in [1.165, 1.54) is 51.4 Å². The van der Waals surface area contributed by atoms with Crippen LogP contribution in [0, 0.1) is 5.92 Å². The molecule has 2 fully saturated rings. The SMILES string of the molecule is CCNC1CCCCC1SC1CCCC(C)C1. The maximum Gasteiger partial charge on any atom is 0.0203 e. The average molecular weight is 255 g/mol. The van der Waals surface area contributed by atoms with Gasteiger partial charge in [-0.05, 0) is 38.1 Å². The average Bonchev–Trinajstić information content (AvgIpc) is 2.32. The number of thioether (sulfide) groups is 1. The molecule has 2 rings (SSSR count). The molecule has 4 atom stereocenters. The van der Waals surface area contributed by atoms with Crippen molar-refractivity contribution in [1.29, 1.82) is 0 Å². The summed E-state index contributed by atoms with van der Waals surface area (Å²) < 4.78 is 0. The molecular weight excluding hydrogens is 226 g/mol. The standard InChI is InChI=1S/C15H29NS/c1-3-16-14-9-4-5-10-15(14)17-13-8-6-7-12(2)11-13/h12-16H,3-11H2,1-2H3. The quantitative estimate of drug-likeness (QED) is 0.807. The minimum Gasteiger partial charge on any atom is -0.313 e. The Labute approximate surface area is 112 Å². The monoisotopic (exact) mass is 255 g/mol. The van der Waals surface area contributed by atoms with E-state index in [1.807, 2.05) is 0 Å². The van der Waals surface area contributed by atoms with Gasteiger partial charge in [0.2, 0.25) is 0 Å². The van der Waals surface area contributed by atoms with Crippen molar-refractivity contribution < 1.29 is 0 Å². The second-order valence-electron chi connectivity index (χ2n) is 6.02. The van der Waals surface area contributed by atoms with Crippen molar-refractivity contribution in [1.82, 2.24) is 5.32 Å². The van der Waals surface area contributed by atoms with Crippen LogP contribution in [0.1, 0.15) is 65.2 Å². The lowest BCUT2D eigenvalue weighted by molar-refractivity contribution is 0.376. The Morgan fingerprint density at radius 3 is 2.65 bits per heavy atom. The summed E-state index contributed by atoms with van der Waals surface area (Å²) >= 11 is 2.33. The molecule has 0 radical (unpaired) electrons. The molecule has 4 unspecified atom stereocenters. The Morgan fingerprint density at radius 2 is 1.88 bits per heavy atom. The van der Waals surface area contributed by atoms with Gasteiger partial charge in [-0.1, -0.05) is 39.5 Å². The normalized spacial score (nSPS) is 39.2. The fraction of sp³-hybridized carbons (Fsp3) is 1.00. The summed E-state index contributed by atoms with van der Waals surface area (Å²) in [6.45, 7) is 5.83. The van der Waals surface area contributed by atoms with Crippen LogP contribution in [0.5, 0.6) is 0 Å². The lowest BCUT2D eigenvalue weighted by atomic mass is 9.90. The van der Waals surface area contributed by atoms with Gasteiger partial charge in [-0.25, -0.2) is 0 Å². The van der Waals surface area contributed by atoms with Gasteiger partial charge in [-0.2, -0.15) is 11.8 Å². The van der Waals surface area contributed by atoms with E-state index in [0.717, 1.165) is 29.0 Å². The van der Waals surface area contributed by atoms with E-state index in [2.05, 4.69) is 30.9 Å². The molecule has 0 spiro atoms. The van der Waals surface area contributed by atoms with E-state index in [1.54, 1.807) is 0 Å². The number of rotatable bonds is 4. The van der Waals surface area contributed by atoms with E-state index in [-0.39, 0.29) is 0 Å². The molecule has 0 amide bonds. The molecule has 1 nitrogen and oxygen atoms in total. The smallest absolute Gasteiger partial charge is 0.0203 e. The second-order valence-corrected chi connectivity index (χ2v) is 7.56. The first kappa shape index (κ1) is 13.7. The molecule has 0 aromatic carbocycles. The molecule has 2 saturated carbocycles. The zero-order valence-electron chi connectivity index (χ0n) is 11.6. The lowest BCUT2D eigenvalue weighted by Crippen LogP contribution is -2.41. The lowest BCUT2D eigenvalue weighted by Gasteiger charge is -2.36. The topological polar surface area (TPSA) is 12.0 Å². The third-order valence-electron chi connectivity index (χ3n) is 4.42. The van der Waals surface area contributed by atoms with Crippen molar-refractivity contribution in [3.05, 3.63) is 0 Å². The van der Waals surface area contributed by atoms with Crippen LogP contribution in [-0.2, 0) is 0 Å². The van der Waals surface area contributed by atoms with Gasteiger partial charge in [-0.15, -0.1) is 0 Å². The first-order chi connectivity index (χ1) is 8.29. The van der Waals surface area contributed by atoms with Crippen LogP contribution < -0.4 is 5.32 Å². The number of nitrogens with one attached hydrogen (secondary N) is 1. The largest absolute Gasteiger partial charge is 0.313 e. The number of hydrogen-bond acceptors (Lipinski definition) is 2. The summed E-state index contributed by atoms with van der Waals surface area (Å²) in [5.74, 6) is 0.974. The minimum atomic E-state index is 0.802. The summed E-state index contributed by atoms with van der Waals surface area (Å²) in [5.41, 5.74) is 0. The molecule has 100 valence electrons. The summed E-state index contributed by atoms with van der Waals surface area (Å²) in [4.78, 5) is 0. The highest BCUT2D eigenvalue weighted by Gasteiger charge is 2.29. The van der Waals surface area contributed by atoms with Crippen LogP contribution in [0.4, 0.5) is 0 Å². The van der Waals surface area contributed by atoms with Crippen LogP contribution >= 0.6 is 11.8 Å². The van der Waals surface area contributed by atoms with Crippen LogP contribution in [0.25, 0.3) is 0 Å². The molecule has 0 aromatic rings. The van der Waals surface area contributed by atoms with Gasteiger partial charge < -0.3 is 5.32 Å². The van der Waals surface area contributed by atoms with Crippen molar-refractivity contribution >= 4 is 11.8 Å². The molecule has 1 N–H and O–H groups in total. The van der Waals surface area contributed by atoms with E-state index in [0.29, 0.717) is 0 Å². The molecular formula is C15H29NS. The third kappa shape index (κ3) is 4.17. The Kier molecular flexibility index (Phi) is 5.68. The minimum absolute atomic E-state index is 0.802. The van der Waals surface area contributed by atoms with E-state index in [9.17, 15) is 0 Å². The summed E-state index contributed by atoms with van der Waals surface area (Å²) in [5, 5.41) is 5.58. The Morgan fingerprint density at radius 1 is 1.06 bits per heavy atom. The number of hydrogen-bond donors (Lipinski definition) is 1. The Balaban J connectivity index is 1.82. The van der Waals surface area contributed by atoms with Crippen LogP contribution in [0.3, 0.4) is 0 Å². The van der Waals surface area contributed by atoms with Crippen LogP contribution in [-0.4, -0.2) is 23.1 Å². The zero-order valence-corrected chi connectivity index (χ0v) is 12.4. The maximum absolute atomic E-state index is 3.71. The Bertz CT molecular complexity index is 217. The van der Waals surface area contributed by atoms with Crippen molar-refractivity contribution in [2.75, 3.05) is 6.54 Å². The first-order valence-electron chi connectivity index (χ1n) is 7.68. The molecule has 0 heterocycles. The van der Waals surface area contributed by atoms with Crippen molar-refractivity contribution in [2.24, 2.45) is 5.92 Å². The highest BCUT2D eigenvalue weighted by molar-refractivity contribution is 8.00. The van der Waals surface area contributed by atoms with Gasteiger partial charge in [0.05, 0.1) is 0 Å². The Hall–Kier alpha value is 0.310. The molecule has 0 saturated heterocycles. The maximum atomic E-state index is 3.71.